The van der Waals surface area contributed by atoms with Gasteiger partial charge in [0.15, 0.2) is 0 Å². The van der Waals surface area contributed by atoms with E-state index >= 15 is 0 Å². The molecule has 0 aromatic carbocycles. The Balaban J connectivity index is 4.62. The van der Waals surface area contributed by atoms with Crippen LogP contribution in [0.1, 0.15) is 60.8 Å². The lowest BCUT2D eigenvalue weighted by Crippen LogP contribution is -2.37. The largest absolute Gasteiger partial charge is 0.393 e. The van der Waals surface area contributed by atoms with Crippen molar-refractivity contribution in [3.05, 3.63) is 0 Å². The van der Waals surface area contributed by atoms with Crippen LogP contribution >= 0.6 is 0 Å². The molecular formula is C13H28O. The first-order chi connectivity index (χ1) is 6.36. The molecule has 0 fully saturated rings. The first kappa shape index (κ1) is 14.0. The van der Waals surface area contributed by atoms with E-state index in [1.807, 2.05) is 6.92 Å². The van der Waals surface area contributed by atoms with Crippen LogP contribution in [0.3, 0.4) is 0 Å². The van der Waals surface area contributed by atoms with Gasteiger partial charge in [-0.2, -0.15) is 0 Å². The highest BCUT2D eigenvalue weighted by Crippen LogP contribution is 2.40. The highest BCUT2D eigenvalue weighted by Gasteiger charge is 2.35. The zero-order chi connectivity index (χ0) is 11.4. The molecule has 0 amide bonds. The average Bonchev–Trinajstić information content (AvgIpc) is 2.02. The molecule has 3 atom stereocenters. The van der Waals surface area contributed by atoms with E-state index in [1.165, 1.54) is 12.8 Å². The van der Waals surface area contributed by atoms with Crippen molar-refractivity contribution in [2.45, 2.75) is 66.9 Å². The molecule has 86 valence electrons. The molecule has 0 rings (SSSR count). The summed E-state index contributed by atoms with van der Waals surface area (Å²) < 4.78 is 0. The van der Waals surface area contributed by atoms with Crippen LogP contribution in [-0.4, -0.2) is 11.2 Å². The minimum absolute atomic E-state index is 0.188. The Morgan fingerprint density at radius 1 is 1.14 bits per heavy atom. The third-order valence-corrected chi connectivity index (χ3v) is 3.57. The summed E-state index contributed by atoms with van der Waals surface area (Å²) >= 11 is 0. The Bertz CT molecular complexity index is 149. The maximum Gasteiger partial charge on any atom is 0.0547 e. The van der Waals surface area contributed by atoms with Gasteiger partial charge in [-0.3, -0.25) is 0 Å². The molecule has 0 bridgehead atoms. The van der Waals surface area contributed by atoms with Crippen LogP contribution in [0.25, 0.3) is 0 Å². The van der Waals surface area contributed by atoms with Gasteiger partial charge in [-0.1, -0.05) is 47.5 Å². The summed E-state index contributed by atoms with van der Waals surface area (Å²) in [6.07, 6.45) is 3.37. The molecule has 3 unspecified atom stereocenters. The van der Waals surface area contributed by atoms with Gasteiger partial charge in [-0.25, -0.2) is 0 Å². The van der Waals surface area contributed by atoms with Crippen LogP contribution in [-0.2, 0) is 0 Å². The van der Waals surface area contributed by atoms with Gasteiger partial charge in [0, 0.05) is 0 Å². The van der Waals surface area contributed by atoms with Gasteiger partial charge in [-0.05, 0) is 30.6 Å². The fraction of sp³-hybridized carbons (Fsp3) is 1.00. The fourth-order valence-corrected chi connectivity index (χ4v) is 2.96. The summed E-state index contributed by atoms with van der Waals surface area (Å²) in [7, 11) is 0. The van der Waals surface area contributed by atoms with Crippen LogP contribution in [0, 0.1) is 17.3 Å². The van der Waals surface area contributed by atoms with Crippen molar-refractivity contribution in [1.82, 2.24) is 0 Å². The minimum Gasteiger partial charge on any atom is -0.393 e. The van der Waals surface area contributed by atoms with Crippen LogP contribution in [0.2, 0.25) is 0 Å². The highest BCUT2D eigenvalue weighted by molar-refractivity contribution is 4.84. The smallest absolute Gasteiger partial charge is 0.0547 e. The van der Waals surface area contributed by atoms with Crippen molar-refractivity contribution in [3.63, 3.8) is 0 Å². The maximum atomic E-state index is 9.88. The summed E-state index contributed by atoms with van der Waals surface area (Å²) in [6.45, 7) is 13.2. The molecule has 0 spiro atoms. The van der Waals surface area contributed by atoms with Gasteiger partial charge in [0.1, 0.15) is 0 Å². The molecule has 0 heterocycles. The van der Waals surface area contributed by atoms with Crippen LogP contribution in [0.4, 0.5) is 0 Å². The molecular weight excluding hydrogens is 172 g/mol. The molecule has 0 radical (unpaired) electrons. The van der Waals surface area contributed by atoms with E-state index < -0.39 is 0 Å². The molecule has 0 aliphatic rings. The van der Waals surface area contributed by atoms with Crippen molar-refractivity contribution in [2.24, 2.45) is 17.3 Å². The normalized spacial score (nSPS) is 19.1. The van der Waals surface area contributed by atoms with Gasteiger partial charge < -0.3 is 5.11 Å². The summed E-state index contributed by atoms with van der Waals surface area (Å²) in [5.74, 6) is 1.03. The van der Waals surface area contributed by atoms with E-state index in [-0.39, 0.29) is 11.5 Å². The molecule has 0 saturated heterocycles. The molecule has 0 saturated carbocycles. The summed E-state index contributed by atoms with van der Waals surface area (Å²) in [5, 5.41) is 9.88. The van der Waals surface area contributed by atoms with Crippen molar-refractivity contribution in [1.29, 1.82) is 0 Å². The average molecular weight is 200 g/mol. The number of aliphatic hydroxyl groups excluding tert-OH is 1. The third kappa shape index (κ3) is 3.61. The zero-order valence-electron chi connectivity index (χ0n) is 10.8. The molecule has 14 heavy (non-hydrogen) atoms. The highest BCUT2D eigenvalue weighted by atomic mass is 16.3. The first-order valence-corrected chi connectivity index (χ1v) is 6.04. The number of hydrogen-bond donors (Lipinski definition) is 1. The Labute approximate surface area is 89.9 Å². The molecule has 0 aliphatic heterocycles. The Morgan fingerprint density at radius 2 is 1.64 bits per heavy atom. The number of aliphatic hydroxyl groups is 1. The van der Waals surface area contributed by atoms with Gasteiger partial charge in [0.25, 0.3) is 0 Å². The predicted octanol–water partition coefficient (Wildman–Crippen LogP) is 3.86. The topological polar surface area (TPSA) is 20.2 Å². The lowest BCUT2D eigenvalue weighted by molar-refractivity contribution is 0.00552. The second kappa shape index (κ2) is 5.75. The first-order valence-electron chi connectivity index (χ1n) is 6.04. The van der Waals surface area contributed by atoms with E-state index in [2.05, 4.69) is 34.6 Å². The van der Waals surface area contributed by atoms with Crippen LogP contribution in [0.5, 0.6) is 0 Å². The Kier molecular flexibility index (Phi) is 5.73. The third-order valence-electron chi connectivity index (χ3n) is 3.57. The van der Waals surface area contributed by atoms with Crippen molar-refractivity contribution in [2.75, 3.05) is 0 Å². The fourth-order valence-electron chi connectivity index (χ4n) is 2.96. The van der Waals surface area contributed by atoms with Crippen molar-refractivity contribution in [3.8, 4) is 0 Å². The Morgan fingerprint density at radius 3 is 1.93 bits per heavy atom. The van der Waals surface area contributed by atoms with Gasteiger partial charge in [0.2, 0.25) is 0 Å². The van der Waals surface area contributed by atoms with E-state index in [1.54, 1.807) is 0 Å². The molecule has 1 N–H and O–H groups in total. The van der Waals surface area contributed by atoms with Gasteiger partial charge in [-0.15, -0.1) is 0 Å². The lowest BCUT2D eigenvalue weighted by Gasteiger charge is -2.40. The summed E-state index contributed by atoms with van der Waals surface area (Å²) in [4.78, 5) is 0. The molecule has 0 aromatic rings. The van der Waals surface area contributed by atoms with Crippen LogP contribution < -0.4 is 0 Å². The lowest BCUT2D eigenvalue weighted by atomic mass is 9.67. The number of rotatable bonds is 6. The standard InChI is InChI=1S/C13H28O/c1-7-9-13(5,6)12(11(4)14)10(3)8-2/h10-12,14H,7-9H2,1-6H3. The second-order valence-corrected chi connectivity index (χ2v) is 5.39. The van der Waals surface area contributed by atoms with E-state index in [4.69, 9.17) is 0 Å². The van der Waals surface area contributed by atoms with Crippen molar-refractivity contribution >= 4 is 0 Å². The molecule has 1 nitrogen and oxygen atoms in total. The molecule has 1 heteroatoms. The second-order valence-electron chi connectivity index (χ2n) is 5.39. The zero-order valence-corrected chi connectivity index (χ0v) is 10.8. The van der Waals surface area contributed by atoms with Crippen molar-refractivity contribution < 1.29 is 5.11 Å². The predicted molar refractivity (Wildman–Crippen MR) is 63.3 cm³/mol. The SMILES string of the molecule is CCCC(C)(C)C(C(C)O)C(C)CC. The molecule has 0 aromatic heterocycles. The summed E-state index contributed by atoms with van der Waals surface area (Å²) in [5.41, 5.74) is 0.262. The van der Waals surface area contributed by atoms with Gasteiger partial charge >= 0.3 is 0 Å². The quantitative estimate of drug-likeness (QED) is 0.690. The summed E-state index contributed by atoms with van der Waals surface area (Å²) in [6, 6.07) is 0. The van der Waals surface area contributed by atoms with E-state index in [0.717, 1.165) is 6.42 Å². The Hall–Kier alpha value is -0.0400. The van der Waals surface area contributed by atoms with E-state index in [9.17, 15) is 5.11 Å². The monoisotopic (exact) mass is 200 g/mol. The van der Waals surface area contributed by atoms with E-state index in [0.29, 0.717) is 11.8 Å². The minimum atomic E-state index is -0.188. The number of hydrogen-bond acceptors (Lipinski definition) is 1. The maximum absolute atomic E-state index is 9.88. The van der Waals surface area contributed by atoms with Gasteiger partial charge in [0.05, 0.1) is 6.10 Å². The molecule has 0 aliphatic carbocycles. The van der Waals surface area contributed by atoms with Crippen LogP contribution in [0.15, 0.2) is 0 Å².